The summed E-state index contributed by atoms with van der Waals surface area (Å²) in [7, 11) is 0. The Kier molecular flexibility index (Phi) is 4.78. The zero-order valence-electron chi connectivity index (χ0n) is 12.4. The number of nitrogens with two attached hydrogens (primary N) is 1. The molecule has 1 aliphatic rings. The van der Waals surface area contributed by atoms with Gasteiger partial charge in [0.05, 0.1) is 11.5 Å². The lowest BCUT2D eigenvalue weighted by atomic mass is 9.61. The lowest BCUT2D eigenvalue weighted by molar-refractivity contribution is -0.132. The van der Waals surface area contributed by atoms with Crippen LogP contribution in [0.1, 0.15) is 47.5 Å². The van der Waals surface area contributed by atoms with E-state index in [1.54, 1.807) is 0 Å². The molecule has 106 valence electrons. The van der Waals surface area contributed by atoms with Gasteiger partial charge in [0.15, 0.2) is 0 Å². The maximum Gasteiger partial charge on any atom is 0.224 e. The average Bonchev–Trinajstić information content (AvgIpc) is 2.31. The Bertz CT molecular complexity index is 304. The molecule has 4 heteroatoms. The van der Waals surface area contributed by atoms with Crippen molar-refractivity contribution in [2.24, 2.45) is 16.6 Å². The topological polar surface area (TPSA) is 64.3 Å². The highest BCUT2D eigenvalue weighted by Gasteiger charge is 2.51. The van der Waals surface area contributed by atoms with Crippen LogP contribution in [0, 0.1) is 10.8 Å². The SMILES string of the molecule is CCOC1CC(NCC(C)(C)C(N)=O)C1(C)CC. The predicted molar refractivity (Wildman–Crippen MR) is 73.2 cm³/mol. The lowest BCUT2D eigenvalue weighted by Crippen LogP contribution is -2.63. The molecule has 0 aromatic rings. The Hall–Kier alpha value is -0.610. The number of hydrogen-bond acceptors (Lipinski definition) is 3. The van der Waals surface area contributed by atoms with Gasteiger partial charge in [0.25, 0.3) is 0 Å². The highest BCUT2D eigenvalue weighted by atomic mass is 16.5. The van der Waals surface area contributed by atoms with Gasteiger partial charge in [-0.3, -0.25) is 4.79 Å². The molecule has 3 N–H and O–H groups in total. The quantitative estimate of drug-likeness (QED) is 0.728. The molecule has 0 aromatic carbocycles. The van der Waals surface area contributed by atoms with Gasteiger partial charge in [0.1, 0.15) is 0 Å². The number of nitrogens with one attached hydrogen (secondary N) is 1. The molecule has 1 saturated carbocycles. The van der Waals surface area contributed by atoms with Gasteiger partial charge in [-0.15, -0.1) is 0 Å². The fraction of sp³-hybridized carbons (Fsp3) is 0.929. The van der Waals surface area contributed by atoms with Gasteiger partial charge in [0.2, 0.25) is 5.91 Å². The third kappa shape index (κ3) is 2.86. The van der Waals surface area contributed by atoms with E-state index in [0.29, 0.717) is 18.7 Å². The van der Waals surface area contributed by atoms with Crippen molar-refractivity contribution in [3.63, 3.8) is 0 Å². The van der Waals surface area contributed by atoms with Crippen LogP contribution in [0.4, 0.5) is 0 Å². The van der Waals surface area contributed by atoms with E-state index in [9.17, 15) is 4.79 Å². The molecule has 0 saturated heterocycles. The van der Waals surface area contributed by atoms with Crippen molar-refractivity contribution < 1.29 is 9.53 Å². The van der Waals surface area contributed by atoms with Crippen molar-refractivity contribution in [2.75, 3.05) is 13.2 Å². The summed E-state index contributed by atoms with van der Waals surface area (Å²) in [4.78, 5) is 11.3. The Labute approximate surface area is 111 Å². The van der Waals surface area contributed by atoms with Crippen LogP contribution in [0.25, 0.3) is 0 Å². The normalized spacial score (nSPS) is 32.1. The van der Waals surface area contributed by atoms with Gasteiger partial charge in [-0.1, -0.05) is 13.8 Å². The van der Waals surface area contributed by atoms with Crippen LogP contribution in [0.2, 0.25) is 0 Å². The van der Waals surface area contributed by atoms with Crippen molar-refractivity contribution in [2.45, 2.75) is 59.6 Å². The molecule has 4 nitrogen and oxygen atoms in total. The van der Waals surface area contributed by atoms with E-state index < -0.39 is 5.41 Å². The van der Waals surface area contributed by atoms with Crippen LogP contribution >= 0.6 is 0 Å². The molecule has 0 radical (unpaired) electrons. The number of ether oxygens (including phenoxy) is 1. The number of carbonyl (C=O) groups is 1. The summed E-state index contributed by atoms with van der Waals surface area (Å²) in [5.74, 6) is -0.256. The molecule has 3 unspecified atom stereocenters. The van der Waals surface area contributed by atoms with E-state index in [0.717, 1.165) is 19.4 Å². The fourth-order valence-electron chi connectivity index (χ4n) is 2.53. The predicted octanol–water partition coefficient (Wildman–Crippen LogP) is 1.68. The average molecular weight is 256 g/mol. The molecular weight excluding hydrogens is 228 g/mol. The Morgan fingerprint density at radius 2 is 2.11 bits per heavy atom. The molecule has 1 rings (SSSR count). The number of primary amides is 1. The summed E-state index contributed by atoms with van der Waals surface area (Å²) in [6, 6.07) is 0.415. The zero-order valence-corrected chi connectivity index (χ0v) is 12.4. The maximum absolute atomic E-state index is 11.3. The van der Waals surface area contributed by atoms with Crippen LogP contribution in [0.15, 0.2) is 0 Å². The van der Waals surface area contributed by atoms with E-state index in [-0.39, 0.29) is 11.3 Å². The largest absolute Gasteiger partial charge is 0.378 e. The maximum atomic E-state index is 11.3. The van der Waals surface area contributed by atoms with Gasteiger partial charge >= 0.3 is 0 Å². The molecule has 1 amide bonds. The second-order valence-electron chi connectivity index (χ2n) is 6.22. The summed E-state index contributed by atoms with van der Waals surface area (Å²) in [5.41, 5.74) is 5.06. The van der Waals surface area contributed by atoms with Gasteiger partial charge in [-0.25, -0.2) is 0 Å². The van der Waals surface area contributed by atoms with Crippen molar-refractivity contribution in [3.05, 3.63) is 0 Å². The monoisotopic (exact) mass is 256 g/mol. The minimum atomic E-state index is -0.495. The first-order valence-electron chi connectivity index (χ1n) is 6.92. The molecule has 1 fully saturated rings. The second-order valence-corrected chi connectivity index (χ2v) is 6.22. The minimum Gasteiger partial charge on any atom is -0.378 e. The summed E-state index contributed by atoms with van der Waals surface area (Å²) in [6.07, 6.45) is 2.43. The standard InChI is InChI=1S/C14H28N2O2/c1-6-14(5)10(8-11(14)18-7-2)16-9-13(3,4)12(15)17/h10-11,16H,6-9H2,1-5H3,(H2,15,17). The summed E-state index contributed by atoms with van der Waals surface area (Å²) < 4.78 is 5.76. The Balaban J connectivity index is 2.53. The first kappa shape index (κ1) is 15.4. The van der Waals surface area contributed by atoms with E-state index in [1.165, 1.54) is 0 Å². The molecule has 18 heavy (non-hydrogen) atoms. The van der Waals surface area contributed by atoms with Crippen molar-refractivity contribution >= 4 is 5.91 Å². The number of amides is 1. The van der Waals surface area contributed by atoms with Crippen LogP contribution < -0.4 is 11.1 Å². The zero-order chi connectivity index (χ0) is 14.0. The van der Waals surface area contributed by atoms with Crippen molar-refractivity contribution in [1.82, 2.24) is 5.32 Å². The highest BCUT2D eigenvalue weighted by Crippen LogP contribution is 2.46. The molecule has 0 spiro atoms. The van der Waals surface area contributed by atoms with E-state index in [1.807, 2.05) is 20.8 Å². The Morgan fingerprint density at radius 3 is 2.56 bits per heavy atom. The summed E-state index contributed by atoms with van der Waals surface area (Å²) in [5, 5.41) is 3.49. The molecule has 0 aromatic heterocycles. The number of carbonyl (C=O) groups excluding carboxylic acids is 1. The van der Waals surface area contributed by atoms with Crippen molar-refractivity contribution in [3.8, 4) is 0 Å². The first-order chi connectivity index (χ1) is 8.28. The van der Waals surface area contributed by atoms with E-state index in [4.69, 9.17) is 10.5 Å². The van der Waals surface area contributed by atoms with Crippen LogP contribution in [-0.2, 0) is 9.53 Å². The summed E-state index contributed by atoms with van der Waals surface area (Å²) >= 11 is 0. The lowest BCUT2D eigenvalue weighted by Gasteiger charge is -2.54. The first-order valence-corrected chi connectivity index (χ1v) is 6.92. The smallest absolute Gasteiger partial charge is 0.224 e. The van der Waals surface area contributed by atoms with Gasteiger partial charge in [-0.05, 0) is 33.6 Å². The molecule has 3 atom stereocenters. The molecule has 1 aliphatic carbocycles. The molecular formula is C14H28N2O2. The minimum absolute atomic E-state index is 0.170. The van der Waals surface area contributed by atoms with Crippen LogP contribution in [0.3, 0.4) is 0 Å². The van der Waals surface area contributed by atoms with Gasteiger partial charge in [0, 0.05) is 24.6 Å². The Morgan fingerprint density at radius 1 is 1.50 bits per heavy atom. The third-order valence-electron chi connectivity index (χ3n) is 4.57. The van der Waals surface area contributed by atoms with Crippen LogP contribution in [-0.4, -0.2) is 31.2 Å². The second kappa shape index (κ2) is 5.57. The van der Waals surface area contributed by atoms with E-state index >= 15 is 0 Å². The fourth-order valence-corrected chi connectivity index (χ4v) is 2.53. The number of hydrogen-bond donors (Lipinski definition) is 2. The van der Waals surface area contributed by atoms with Gasteiger partial charge in [-0.2, -0.15) is 0 Å². The van der Waals surface area contributed by atoms with E-state index in [2.05, 4.69) is 19.2 Å². The summed E-state index contributed by atoms with van der Waals surface area (Å²) in [6.45, 7) is 11.6. The molecule has 0 bridgehead atoms. The van der Waals surface area contributed by atoms with Gasteiger partial charge < -0.3 is 15.8 Å². The highest BCUT2D eigenvalue weighted by molar-refractivity contribution is 5.80. The third-order valence-corrected chi connectivity index (χ3v) is 4.57. The number of rotatable bonds is 7. The van der Waals surface area contributed by atoms with Crippen molar-refractivity contribution in [1.29, 1.82) is 0 Å². The molecule has 0 heterocycles. The van der Waals surface area contributed by atoms with Crippen LogP contribution in [0.5, 0.6) is 0 Å². The molecule has 0 aliphatic heterocycles.